The normalized spacial score (nSPS) is 15.2. The van der Waals surface area contributed by atoms with Crippen LogP contribution in [0.25, 0.3) is 11.8 Å². The van der Waals surface area contributed by atoms with E-state index in [-0.39, 0.29) is 16.2 Å². The van der Waals surface area contributed by atoms with E-state index in [1.807, 2.05) is 32.0 Å². The molecular weight excluding hydrogens is 426 g/mol. The van der Waals surface area contributed by atoms with Gasteiger partial charge in [0.25, 0.3) is 11.8 Å². The number of nitrogens with one attached hydrogen (secondary N) is 1. The average molecular weight is 446 g/mol. The van der Waals surface area contributed by atoms with Crippen LogP contribution in [-0.4, -0.2) is 32.6 Å². The fourth-order valence-electron chi connectivity index (χ4n) is 3.50. The monoisotopic (exact) mass is 445 g/mol. The Morgan fingerprint density at radius 2 is 1.78 bits per heavy atom. The van der Waals surface area contributed by atoms with Crippen molar-refractivity contribution in [3.8, 4) is 5.69 Å². The van der Waals surface area contributed by atoms with Crippen LogP contribution in [0.15, 0.2) is 66.4 Å². The minimum Gasteiger partial charge on any atom is -0.478 e. The number of benzene rings is 2. The van der Waals surface area contributed by atoms with Crippen LogP contribution in [0.2, 0.25) is 0 Å². The SMILES string of the molecule is Cc1ccc(C)c(N2C(=O)/C(=C/c3cccn3-c3ccc(C(=O)O)cc3)C(=O)NC2=S)c1. The van der Waals surface area contributed by atoms with Gasteiger partial charge < -0.3 is 9.67 Å². The molecular formula is C24H19N3O4S. The van der Waals surface area contributed by atoms with Crippen molar-refractivity contribution in [3.05, 3.63) is 88.8 Å². The van der Waals surface area contributed by atoms with Crippen LogP contribution in [-0.2, 0) is 9.59 Å². The lowest BCUT2D eigenvalue weighted by molar-refractivity contribution is -0.122. The molecule has 160 valence electrons. The number of aromatic nitrogens is 1. The number of anilines is 1. The number of aryl methyl sites for hydroxylation is 2. The third kappa shape index (κ3) is 3.83. The lowest BCUT2D eigenvalue weighted by atomic mass is 10.1. The van der Waals surface area contributed by atoms with E-state index in [9.17, 15) is 14.4 Å². The van der Waals surface area contributed by atoms with E-state index in [4.69, 9.17) is 17.3 Å². The van der Waals surface area contributed by atoms with E-state index in [1.165, 1.54) is 23.1 Å². The molecule has 0 spiro atoms. The van der Waals surface area contributed by atoms with Gasteiger partial charge >= 0.3 is 5.97 Å². The van der Waals surface area contributed by atoms with Crippen molar-refractivity contribution in [1.82, 2.24) is 9.88 Å². The number of amides is 2. The van der Waals surface area contributed by atoms with Crippen LogP contribution in [0.1, 0.15) is 27.2 Å². The molecule has 2 aromatic carbocycles. The molecule has 2 heterocycles. The standard InChI is InChI=1S/C24H19N3O4S/c1-14-5-6-15(2)20(12-14)27-22(29)19(21(28)25-24(27)32)13-18-4-3-11-26(18)17-9-7-16(8-10-17)23(30)31/h3-13H,1-2H3,(H,30,31)(H,25,28,32)/b19-13+. The number of carboxylic acids is 1. The van der Waals surface area contributed by atoms with Gasteiger partial charge in [0.2, 0.25) is 0 Å². The summed E-state index contributed by atoms with van der Waals surface area (Å²) in [5, 5.41) is 11.7. The Labute approximate surface area is 189 Å². The fraction of sp³-hybridized carbons (Fsp3) is 0.0833. The van der Waals surface area contributed by atoms with Crippen molar-refractivity contribution in [2.45, 2.75) is 13.8 Å². The molecule has 0 unspecified atom stereocenters. The summed E-state index contributed by atoms with van der Waals surface area (Å²) in [5.74, 6) is -2.10. The largest absolute Gasteiger partial charge is 0.478 e. The maximum atomic E-state index is 13.3. The predicted molar refractivity (Wildman–Crippen MR) is 125 cm³/mol. The van der Waals surface area contributed by atoms with Gasteiger partial charge in [0, 0.05) is 17.6 Å². The highest BCUT2D eigenvalue weighted by atomic mass is 32.1. The minimum atomic E-state index is -1.02. The summed E-state index contributed by atoms with van der Waals surface area (Å²) in [6.07, 6.45) is 3.27. The van der Waals surface area contributed by atoms with Crippen molar-refractivity contribution in [2.24, 2.45) is 0 Å². The van der Waals surface area contributed by atoms with Crippen LogP contribution in [0.3, 0.4) is 0 Å². The second-order valence-electron chi connectivity index (χ2n) is 7.40. The van der Waals surface area contributed by atoms with Gasteiger partial charge in [-0.25, -0.2) is 4.79 Å². The first-order valence-corrected chi connectivity index (χ1v) is 10.2. The maximum absolute atomic E-state index is 13.3. The molecule has 1 aliphatic heterocycles. The minimum absolute atomic E-state index is 0.0329. The molecule has 4 rings (SSSR count). The second-order valence-corrected chi connectivity index (χ2v) is 7.79. The summed E-state index contributed by atoms with van der Waals surface area (Å²) >= 11 is 5.30. The smallest absolute Gasteiger partial charge is 0.335 e. The van der Waals surface area contributed by atoms with Gasteiger partial charge in [-0.1, -0.05) is 12.1 Å². The van der Waals surface area contributed by atoms with Crippen LogP contribution in [0.5, 0.6) is 0 Å². The molecule has 8 heteroatoms. The van der Waals surface area contributed by atoms with Crippen LogP contribution >= 0.6 is 12.2 Å². The second kappa shape index (κ2) is 8.24. The van der Waals surface area contributed by atoms with Gasteiger partial charge in [0.1, 0.15) is 5.57 Å². The Morgan fingerprint density at radius 3 is 2.47 bits per heavy atom. The predicted octanol–water partition coefficient (Wildman–Crippen LogP) is 3.62. The maximum Gasteiger partial charge on any atom is 0.335 e. The summed E-state index contributed by atoms with van der Waals surface area (Å²) in [6, 6.07) is 15.5. The number of aromatic carboxylic acids is 1. The van der Waals surface area contributed by atoms with Crippen molar-refractivity contribution in [1.29, 1.82) is 0 Å². The Kier molecular flexibility index (Phi) is 5.46. The molecule has 0 aliphatic carbocycles. The van der Waals surface area contributed by atoms with E-state index in [0.717, 1.165) is 11.1 Å². The number of hydrogen-bond donors (Lipinski definition) is 2. The third-order valence-electron chi connectivity index (χ3n) is 5.17. The molecule has 0 radical (unpaired) electrons. The van der Waals surface area contributed by atoms with E-state index in [0.29, 0.717) is 17.1 Å². The van der Waals surface area contributed by atoms with Gasteiger partial charge in [-0.15, -0.1) is 0 Å². The highest BCUT2D eigenvalue weighted by Gasteiger charge is 2.35. The fourth-order valence-corrected chi connectivity index (χ4v) is 3.77. The molecule has 0 atom stereocenters. The van der Waals surface area contributed by atoms with E-state index >= 15 is 0 Å². The zero-order valence-corrected chi connectivity index (χ0v) is 18.1. The molecule has 1 fully saturated rings. The van der Waals surface area contributed by atoms with Gasteiger partial charge in [0.15, 0.2) is 5.11 Å². The molecule has 1 aromatic heterocycles. The molecule has 2 N–H and O–H groups in total. The molecule has 0 bridgehead atoms. The zero-order valence-electron chi connectivity index (χ0n) is 17.3. The van der Waals surface area contributed by atoms with Gasteiger partial charge in [0.05, 0.1) is 11.3 Å². The molecule has 1 aliphatic rings. The molecule has 3 aromatic rings. The molecule has 32 heavy (non-hydrogen) atoms. The van der Waals surface area contributed by atoms with Crippen molar-refractivity contribution in [3.63, 3.8) is 0 Å². The van der Waals surface area contributed by atoms with E-state index < -0.39 is 17.8 Å². The van der Waals surface area contributed by atoms with Crippen molar-refractivity contribution >= 4 is 46.9 Å². The number of thiocarbonyl (C=S) groups is 1. The van der Waals surface area contributed by atoms with Crippen LogP contribution in [0, 0.1) is 13.8 Å². The van der Waals surface area contributed by atoms with Crippen molar-refractivity contribution in [2.75, 3.05) is 4.90 Å². The van der Waals surface area contributed by atoms with E-state index in [2.05, 4.69) is 5.32 Å². The molecule has 0 saturated carbocycles. The highest BCUT2D eigenvalue weighted by Crippen LogP contribution is 2.27. The van der Waals surface area contributed by atoms with Gasteiger partial charge in [-0.3, -0.25) is 19.8 Å². The number of rotatable bonds is 4. The zero-order chi connectivity index (χ0) is 23.0. The number of hydrogen-bond acceptors (Lipinski definition) is 4. The van der Waals surface area contributed by atoms with Crippen LogP contribution < -0.4 is 10.2 Å². The number of carbonyl (C=O) groups excluding carboxylic acids is 2. The van der Waals surface area contributed by atoms with Crippen LogP contribution in [0.4, 0.5) is 5.69 Å². The lowest BCUT2D eigenvalue weighted by Gasteiger charge is -2.30. The number of carbonyl (C=O) groups is 3. The topological polar surface area (TPSA) is 91.6 Å². The number of nitrogens with zero attached hydrogens (tertiary/aromatic N) is 2. The summed E-state index contributed by atoms with van der Waals surface area (Å²) in [5.41, 5.74) is 3.82. The summed E-state index contributed by atoms with van der Waals surface area (Å²) in [4.78, 5) is 38.4. The van der Waals surface area contributed by atoms with Crippen molar-refractivity contribution < 1.29 is 19.5 Å². The van der Waals surface area contributed by atoms with Gasteiger partial charge in [-0.05, 0) is 85.7 Å². The Bertz CT molecular complexity index is 1310. The Hall–Kier alpha value is -4.04. The summed E-state index contributed by atoms with van der Waals surface area (Å²) in [6.45, 7) is 3.79. The summed E-state index contributed by atoms with van der Waals surface area (Å²) in [7, 11) is 0. The molecule has 2 amide bonds. The Balaban J connectivity index is 1.74. The third-order valence-corrected chi connectivity index (χ3v) is 5.46. The lowest BCUT2D eigenvalue weighted by Crippen LogP contribution is -2.54. The summed E-state index contributed by atoms with van der Waals surface area (Å²) < 4.78 is 1.76. The first-order chi connectivity index (χ1) is 15.3. The average Bonchev–Trinajstić information content (AvgIpc) is 3.22. The first-order valence-electron chi connectivity index (χ1n) is 9.76. The quantitative estimate of drug-likeness (QED) is 0.364. The molecule has 1 saturated heterocycles. The molecule has 7 nitrogen and oxygen atoms in total. The Morgan fingerprint density at radius 1 is 1.06 bits per heavy atom. The highest BCUT2D eigenvalue weighted by molar-refractivity contribution is 7.80. The van der Waals surface area contributed by atoms with Gasteiger partial charge in [-0.2, -0.15) is 0 Å². The van der Waals surface area contributed by atoms with E-state index in [1.54, 1.807) is 35.0 Å². The number of carboxylic acid groups (broad SMARTS) is 1. The first kappa shape index (κ1) is 21.2.